The Kier molecular flexibility index (Phi) is 4.67. The molecule has 0 amide bonds. The maximum Gasteiger partial charge on any atom is 0.262 e. The van der Waals surface area contributed by atoms with E-state index in [4.69, 9.17) is 0 Å². The van der Waals surface area contributed by atoms with E-state index in [0.717, 1.165) is 12.1 Å². The summed E-state index contributed by atoms with van der Waals surface area (Å²) in [7, 11) is 2.04. The Morgan fingerprint density at radius 2 is 1.83 bits per heavy atom. The van der Waals surface area contributed by atoms with Crippen LogP contribution in [0, 0.1) is 5.41 Å². The summed E-state index contributed by atoms with van der Waals surface area (Å²) in [4.78, 5) is 19.4. The zero-order valence-electron chi connectivity index (χ0n) is 15.5. The van der Waals surface area contributed by atoms with Gasteiger partial charge in [0.05, 0.1) is 5.56 Å². The average Bonchev–Trinajstić information content (AvgIpc) is 2.38. The zero-order chi connectivity index (χ0) is 17.4. The van der Waals surface area contributed by atoms with Crippen LogP contribution in [0.4, 0.5) is 0 Å². The van der Waals surface area contributed by atoms with Gasteiger partial charge in [0.2, 0.25) is 0 Å². The van der Waals surface area contributed by atoms with E-state index in [2.05, 4.69) is 51.4 Å². The van der Waals surface area contributed by atoms with Crippen LogP contribution in [0.5, 0.6) is 0 Å². The first-order chi connectivity index (χ1) is 10.5. The van der Waals surface area contributed by atoms with Crippen molar-refractivity contribution in [2.75, 3.05) is 13.6 Å². The van der Waals surface area contributed by atoms with Crippen LogP contribution < -0.4 is 5.56 Å². The molecule has 4 heteroatoms. The number of pyridine rings is 1. The van der Waals surface area contributed by atoms with Crippen LogP contribution in [0.1, 0.15) is 52.7 Å². The molecule has 0 atom stereocenters. The lowest BCUT2D eigenvalue weighted by Crippen LogP contribution is -2.32. The molecule has 0 spiro atoms. The first-order valence-electron chi connectivity index (χ1n) is 8.17. The SMILES string of the molecule is CN(Cc1cnc2cc(C(C)(C)C)ccn2c1=O)CC(C)(C)C. The molecule has 0 N–H and O–H groups in total. The lowest BCUT2D eigenvalue weighted by atomic mass is 9.88. The fourth-order valence-electron chi connectivity index (χ4n) is 2.84. The lowest BCUT2D eigenvalue weighted by molar-refractivity contribution is 0.220. The standard InChI is InChI=1S/C19H29N3O/c1-18(2,3)13-21(7)12-14-11-20-16-10-15(19(4,5)6)8-9-22(16)17(14)23/h8-11H,12-13H2,1-7H3. The molecule has 0 aliphatic carbocycles. The largest absolute Gasteiger partial charge is 0.301 e. The minimum atomic E-state index is 0.0243. The molecule has 0 aliphatic heterocycles. The average molecular weight is 315 g/mol. The van der Waals surface area contributed by atoms with Crippen molar-refractivity contribution in [3.05, 3.63) is 46.0 Å². The van der Waals surface area contributed by atoms with Gasteiger partial charge in [0.15, 0.2) is 0 Å². The molecule has 0 unspecified atom stereocenters. The number of nitrogens with zero attached hydrogens (tertiary/aromatic N) is 3. The number of fused-ring (bicyclic) bond motifs is 1. The molecule has 0 aromatic carbocycles. The van der Waals surface area contributed by atoms with Gasteiger partial charge in [0.1, 0.15) is 5.65 Å². The van der Waals surface area contributed by atoms with E-state index >= 15 is 0 Å². The lowest BCUT2D eigenvalue weighted by Gasteiger charge is -2.26. The summed E-state index contributed by atoms with van der Waals surface area (Å²) in [5.74, 6) is 0. The third-order valence-corrected chi connectivity index (χ3v) is 3.83. The first-order valence-corrected chi connectivity index (χ1v) is 8.17. The highest BCUT2D eigenvalue weighted by molar-refractivity contribution is 5.43. The van der Waals surface area contributed by atoms with Gasteiger partial charge in [-0.15, -0.1) is 0 Å². The molecule has 0 saturated carbocycles. The summed E-state index contributed by atoms with van der Waals surface area (Å²) < 4.78 is 1.65. The van der Waals surface area contributed by atoms with Gasteiger partial charge >= 0.3 is 0 Å². The summed E-state index contributed by atoms with van der Waals surface area (Å²) >= 11 is 0. The van der Waals surface area contributed by atoms with Crippen molar-refractivity contribution in [1.29, 1.82) is 0 Å². The van der Waals surface area contributed by atoms with Crippen molar-refractivity contribution < 1.29 is 0 Å². The van der Waals surface area contributed by atoms with Crippen molar-refractivity contribution in [2.24, 2.45) is 5.41 Å². The monoisotopic (exact) mass is 315 g/mol. The molecule has 4 nitrogen and oxygen atoms in total. The van der Waals surface area contributed by atoms with Crippen LogP contribution >= 0.6 is 0 Å². The molecule has 0 bridgehead atoms. The quantitative estimate of drug-likeness (QED) is 0.870. The van der Waals surface area contributed by atoms with Gasteiger partial charge in [0, 0.05) is 25.5 Å². The third-order valence-electron chi connectivity index (χ3n) is 3.83. The van der Waals surface area contributed by atoms with E-state index in [-0.39, 0.29) is 16.4 Å². The Morgan fingerprint density at radius 1 is 1.17 bits per heavy atom. The van der Waals surface area contributed by atoms with Crippen LogP contribution in [-0.2, 0) is 12.0 Å². The highest BCUT2D eigenvalue weighted by atomic mass is 16.1. The van der Waals surface area contributed by atoms with Gasteiger partial charge in [-0.1, -0.05) is 41.5 Å². The Balaban J connectivity index is 2.35. The van der Waals surface area contributed by atoms with E-state index in [0.29, 0.717) is 12.2 Å². The van der Waals surface area contributed by atoms with Gasteiger partial charge in [-0.25, -0.2) is 4.98 Å². The number of hydrogen-bond donors (Lipinski definition) is 0. The van der Waals surface area contributed by atoms with Crippen molar-refractivity contribution >= 4 is 5.65 Å². The highest BCUT2D eigenvalue weighted by Gasteiger charge is 2.17. The first kappa shape index (κ1) is 17.7. The van der Waals surface area contributed by atoms with Gasteiger partial charge in [0.25, 0.3) is 5.56 Å². The predicted molar refractivity (Wildman–Crippen MR) is 96.0 cm³/mol. The second-order valence-electron chi connectivity index (χ2n) is 8.72. The van der Waals surface area contributed by atoms with Gasteiger partial charge in [-0.05, 0) is 35.6 Å². The van der Waals surface area contributed by atoms with Crippen molar-refractivity contribution in [1.82, 2.24) is 14.3 Å². The number of rotatable bonds is 3. The molecule has 0 saturated heterocycles. The Hall–Kier alpha value is -1.68. The topological polar surface area (TPSA) is 37.6 Å². The van der Waals surface area contributed by atoms with Crippen LogP contribution in [-0.4, -0.2) is 27.9 Å². The number of aromatic nitrogens is 2. The smallest absolute Gasteiger partial charge is 0.262 e. The van der Waals surface area contributed by atoms with E-state index in [9.17, 15) is 4.79 Å². The van der Waals surface area contributed by atoms with E-state index in [1.54, 1.807) is 10.6 Å². The maximum absolute atomic E-state index is 12.7. The van der Waals surface area contributed by atoms with E-state index in [1.165, 1.54) is 5.56 Å². The minimum absolute atomic E-state index is 0.0243. The summed E-state index contributed by atoms with van der Waals surface area (Å²) in [6, 6.07) is 4.02. The van der Waals surface area contributed by atoms with E-state index in [1.807, 2.05) is 25.4 Å². The molecule has 126 valence electrons. The van der Waals surface area contributed by atoms with Crippen molar-refractivity contribution in [2.45, 2.75) is 53.5 Å². The molecular formula is C19H29N3O. The molecule has 2 heterocycles. The second-order valence-corrected chi connectivity index (χ2v) is 8.72. The molecular weight excluding hydrogens is 286 g/mol. The van der Waals surface area contributed by atoms with Crippen LogP contribution in [0.2, 0.25) is 0 Å². The summed E-state index contributed by atoms with van der Waals surface area (Å²) in [5, 5.41) is 0. The molecule has 2 rings (SSSR count). The van der Waals surface area contributed by atoms with Crippen LogP contribution in [0.25, 0.3) is 5.65 Å². The minimum Gasteiger partial charge on any atom is -0.301 e. The van der Waals surface area contributed by atoms with E-state index < -0.39 is 0 Å². The molecule has 0 fully saturated rings. The fraction of sp³-hybridized carbons (Fsp3) is 0.579. The zero-order valence-corrected chi connectivity index (χ0v) is 15.5. The van der Waals surface area contributed by atoms with Crippen molar-refractivity contribution in [3.8, 4) is 0 Å². The van der Waals surface area contributed by atoms with Crippen LogP contribution in [0.3, 0.4) is 0 Å². The Morgan fingerprint density at radius 3 is 2.39 bits per heavy atom. The van der Waals surface area contributed by atoms with Crippen LogP contribution in [0.15, 0.2) is 29.3 Å². The van der Waals surface area contributed by atoms with Gasteiger partial charge in [-0.2, -0.15) is 0 Å². The number of hydrogen-bond acceptors (Lipinski definition) is 3. The molecule has 0 radical (unpaired) electrons. The Bertz CT molecular complexity index is 748. The van der Waals surface area contributed by atoms with Gasteiger partial charge in [-0.3, -0.25) is 9.20 Å². The second kappa shape index (κ2) is 6.08. The third kappa shape index (κ3) is 4.41. The summed E-state index contributed by atoms with van der Waals surface area (Å²) in [5.41, 5.74) is 2.91. The maximum atomic E-state index is 12.7. The Labute approximate surface area is 139 Å². The van der Waals surface area contributed by atoms with Gasteiger partial charge < -0.3 is 4.90 Å². The summed E-state index contributed by atoms with van der Waals surface area (Å²) in [6.07, 6.45) is 3.57. The summed E-state index contributed by atoms with van der Waals surface area (Å²) in [6.45, 7) is 14.6. The van der Waals surface area contributed by atoms with Crippen molar-refractivity contribution in [3.63, 3.8) is 0 Å². The molecule has 2 aromatic heterocycles. The predicted octanol–water partition coefficient (Wildman–Crippen LogP) is 3.47. The normalized spacial score (nSPS) is 13.0. The molecule has 23 heavy (non-hydrogen) atoms. The highest BCUT2D eigenvalue weighted by Crippen LogP contribution is 2.22. The molecule has 0 aliphatic rings. The molecule has 2 aromatic rings. The fourth-order valence-corrected chi connectivity index (χ4v) is 2.84.